The van der Waals surface area contributed by atoms with E-state index in [2.05, 4.69) is 0 Å². The number of morpholine rings is 1. The first-order valence-corrected chi connectivity index (χ1v) is 9.57. The number of carbonyl (C=O) groups excluding carboxylic acids is 2. The van der Waals surface area contributed by atoms with Crippen molar-refractivity contribution in [3.63, 3.8) is 0 Å². The Morgan fingerprint density at radius 1 is 1.21 bits per heavy atom. The molecule has 8 nitrogen and oxygen atoms in total. The number of oxazole rings is 1. The van der Waals surface area contributed by atoms with E-state index in [1.54, 1.807) is 30.0 Å². The molecule has 2 heterocycles. The van der Waals surface area contributed by atoms with Crippen LogP contribution in [0.25, 0.3) is 11.1 Å². The van der Waals surface area contributed by atoms with Crippen LogP contribution in [0.5, 0.6) is 0 Å². The lowest BCUT2D eigenvalue weighted by atomic mass is 10.2. The lowest BCUT2D eigenvalue weighted by molar-refractivity contribution is -0.164. The standard InChI is InChI=1S/C20H26N2O6/c1-13-11-21(12-14(2)26-13)19(24)15(3)27-18(23)9-6-10-22-16-7-4-5-8-17(16)28-20(22)25/h4-5,7-8,13-15H,6,9-12H2,1-3H3/t13-,14+,15-/m1/s1. The normalized spacial score (nSPS) is 20.9. The summed E-state index contributed by atoms with van der Waals surface area (Å²) in [6.07, 6.45) is -0.409. The lowest BCUT2D eigenvalue weighted by Crippen LogP contribution is -2.51. The van der Waals surface area contributed by atoms with Crippen molar-refractivity contribution in [2.45, 2.75) is 58.5 Å². The summed E-state index contributed by atoms with van der Waals surface area (Å²) in [4.78, 5) is 38.2. The third-order valence-electron chi connectivity index (χ3n) is 4.72. The summed E-state index contributed by atoms with van der Waals surface area (Å²) in [5.74, 6) is -1.13. The Morgan fingerprint density at radius 3 is 2.61 bits per heavy atom. The summed E-state index contributed by atoms with van der Waals surface area (Å²) in [5.41, 5.74) is 1.21. The van der Waals surface area contributed by atoms with Crippen LogP contribution in [0.4, 0.5) is 0 Å². The number of benzene rings is 1. The van der Waals surface area contributed by atoms with Crippen LogP contribution in [0.2, 0.25) is 0 Å². The molecular formula is C20H26N2O6. The Labute approximate surface area is 163 Å². The number of rotatable bonds is 6. The molecule has 152 valence electrons. The molecular weight excluding hydrogens is 364 g/mol. The summed E-state index contributed by atoms with van der Waals surface area (Å²) in [6.45, 7) is 6.72. The van der Waals surface area contributed by atoms with Crippen LogP contribution in [0.1, 0.15) is 33.6 Å². The molecule has 3 rings (SSSR count). The van der Waals surface area contributed by atoms with Gasteiger partial charge in [-0.1, -0.05) is 12.1 Å². The third-order valence-corrected chi connectivity index (χ3v) is 4.72. The Kier molecular flexibility index (Phi) is 6.18. The van der Waals surface area contributed by atoms with Gasteiger partial charge >= 0.3 is 11.7 Å². The van der Waals surface area contributed by atoms with Crippen molar-refractivity contribution in [3.05, 3.63) is 34.8 Å². The molecule has 0 N–H and O–H groups in total. The summed E-state index contributed by atoms with van der Waals surface area (Å²) < 4.78 is 17.6. The third kappa shape index (κ3) is 4.62. The number of nitrogens with zero attached hydrogens (tertiary/aromatic N) is 2. The molecule has 0 saturated carbocycles. The summed E-state index contributed by atoms with van der Waals surface area (Å²) in [7, 11) is 0. The van der Waals surface area contributed by atoms with Crippen LogP contribution in [0.3, 0.4) is 0 Å². The van der Waals surface area contributed by atoms with Gasteiger partial charge in [-0.3, -0.25) is 14.2 Å². The molecule has 8 heteroatoms. The second-order valence-electron chi connectivity index (χ2n) is 7.22. The Balaban J connectivity index is 1.49. The molecule has 0 unspecified atom stereocenters. The van der Waals surface area contributed by atoms with Gasteiger partial charge in [-0.25, -0.2) is 4.79 Å². The number of ether oxygens (including phenoxy) is 2. The van der Waals surface area contributed by atoms with E-state index in [4.69, 9.17) is 13.9 Å². The number of fused-ring (bicyclic) bond motifs is 1. The maximum Gasteiger partial charge on any atom is 0.419 e. The van der Waals surface area contributed by atoms with Crippen molar-refractivity contribution >= 4 is 23.0 Å². The average molecular weight is 390 g/mol. The van der Waals surface area contributed by atoms with Crippen molar-refractivity contribution in [3.8, 4) is 0 Å². The van der Waals surface area contributed by atoms with Crippen LogP contribution in [-0.4, -0.2) is 52.7 Å². The van der Waals surface area contributed by atoms with Gasteiger partial charge in [0.05, 0.1) is 17.7 Å². The quantitative estimate of drug-likeness (QED) is 0.700. The largest absolute Gasteiger partial charge is 0.453 e. The predicted octanol–water partition coefficient (Wildman–Crippen LogP) is 1.94. The Bertz CT molecular complexity index is 891. The molecule has 1 aliphatic heterocycles. The zero-order valence-electron chi connectivity index (χ0n) is 16.4. The molecule has 2 aromatic rings. The topological polar surface area (TPSA) is 91.0 Å². The molecule has 0 bridgehead atoms. The number of aromatic nitrogens is 1. The summed E-state index contributed by atoms with van der Waals surface area (Å²) in [5, 5.41) is 0. The molecule has 1 saturated heterocycles. The van der Waals surface area contributed by atoms with Crippen LogP contribution in [0.15, 0.2) is 33.5 Å². The molecule has 0 radical (unpaired) electrons. The average Bonchev–Trinajstić information content (AvgIpc) is 2.95. The highest BCUT2D eigenvalue weighted by molar-refractivity contribution is 5.83. The number of hydrogen-bond donors (Lipinski definition) is 0. The van der Waals surface area contributed by atoms with Gasteiger partial charge in [0.1, 0.15) is 0 Å². The molecule has 3 atom stereocenters. The highest BCUT2D eigenvalue weighted by Gasteiger charge is 2.30. The van der Waals surface area contributed by atoms with E-state index in [1.165, 1.54) is 4.57 Å². The van der Waals surface area contributed by atoms with Gasteiger partial charge in [0, 0.05) is 26.1 Å². The van der Waals surface area contributed by atoms with E-state index < -0.39 is 17.8 Å². The van der Waals surface area contributed by atoms with E-state index in [0.717, 1.165) is 0 Å². The Morgan fingerprint density at radius 2 is 1.89 bits per heavy atom. The van der Waals surface area contributed by atoms with Gasteiger partial charge in [0.2, 0.25) is 0 Å². The summed E-state index contributed by atoms with van der Waals surface area (Å²) in [6, 6.07) is 7.13. The Hall–Kier alpha value is -2.61. The summed E-state index contributed by atoms with van der Waals surface area (Å²) >= 11 is 0. The number of amides is 1. The number of carbonyl (C=O) groups is 2. The van der Waals surface area contributed by atoms with E-state index in [-0.39, 0.29) is 24.5 Å². The fraction of sp³-hybridized carbons (Fsp3) is 0.550. The molecule has 0 aliphatic carbocycles. The van der Waals surface area contributed by atoms with Crippen molar-refractivity contribution in [1.82, 2.24) is 9.47 Å². The van der Waals surface area contributed by atoms with Crippen LogP contribution >= 0.6 is 0 Å². The number of aryl methyl sites for hydroxylation is 1. The van der Waals surface area contributed by atoms with E-state index >= 15 is 0 Å². The van der Waals surface area contributed by atoms with Crippen molar-refractivity contribution in [1.29, 1.82) is 0 Å². The van der Waals surface area contributed by atoms with Gasteiger partial charge in [0.25, 0.3) is 5.91 Å². The maximum atomic E-state index is 12.5. The molecule has 0 spiro atoms. The second-order valence-corrected chi connectivity index (χ2v) is 7.22. The predicted molar refractivity (Wildman–Crippen MR) is 102 cm³/mol. The molecule has 1 aliphatic rings. The van der Waals surface area contributed by atoms with E-state index in [1.807, 2.05) is 19.9 Å². The first-order valence-electron chi connectivity index (χ1n) is 9.57. The van der Waals surface area contributed by atoms with Gasteiger partial charge in [-0.2, -0.15) is 0 Å². The smallest absolute Gasteiger partial charge is 0.419 e. The molecule has 28 heavy (non-hydrogen) atoms. The number of para-hydroxylation sites is 2. The van der Waals surface area contributed by atoms with Crippen molar-refractivity contribution in [2.24, 2.45) is 0 Å². The van der Waals surface area contributed by atoms with Gasteiger partial charge < -0.3 is 18.8 Å². The highest BCUT2D eigenvalue weighted by Crippen LogP contribution is 2.14. The molecule has 1 fully saturated rings. The minimum Gasteiger partial charge on any atom is -0.453 e. The van der Waals surface area contributed by atoms with Crippen LogP contribution in [-0.2, 0) is 25.6 Å². The van der Waals surface area contributed by atoms with E-state index in [0.29, 0.717) is 37.2 Å². The van der Waals surface area contributed by atoms with Crippen molar-refractivity contribution in [2.75, 3.05) is 13.1 Å². The van der Waals surface area contributed by atoms with E-state index in [9.17, 15) is 14.4 Å². The number of esters is 1. The van der Waals surface area contributed by atoms with Crippen LogP contribution in [0, 0.1) is 0 Å². The molecule has 1 aromatic heterocycles. The minimum atomic E-state index is -0.845. The first kappa shape index (κ1) is 20.1. The first-order chi connectivity index (χ1) is 13.3. The van der Waals surface area contributed by atoms with Gasteiger partial charge in [0.15, 0.2) is 11.7 Å². The zero-order chi connectivity index (χ0) is 20.3. The van der Waals surface area contributed by atoms with Crippen molar-refractivity contribution < 1.29 is 23.5 Å². The second kappa shape index (κ2) is 8.60. The minimum absolute atomic E-state index is 0.0429. The fourth-order valence-electron chi connectivity index (χ4n) is 3.53. The molecule has 1 aromatic carbocycles. The maximum absolute atomic E-state index is 12.5. The lowest BCUT2D eigenvalue weighted by Gasteiger charge is -2.36. The molecule has 1 amide bonds. The monoisotopic (exact) mass is 390 g/mol. The number of hydrogen-bond acceptors (Lipinski definition) is 6. The van der Waals surface area contributed by atoms with Gasteiger partial charge in [-0.15, -0.1) is 0 Å². The highest BCUT2D eigenvalue weighted by atomic mass is 16.5. The SMILES string of the molecule is C[C@@H]1CN(C(=O)[C@@H](C)OC(=O)CCCn2c(=O)oc3ccccc32)C[C@H](C)O1. The van der Waals surface area contributed by atoms with Crippen LogP contribution < -0.4 is 5.76 Å². The fourth-order valence-corrected chi connectivity index (χ4v) is 3.53. The zero-order valence-corrected chi connectivity index (χ0v) is 16.4. The van der Waals surface area contributed by atoms with Gasteiger partial charge in [-0.05, 0) is 39.3 Å².